The van der Waals surface area contributed by atoms with Gasteiger partial charge in [-0.3, -0.25) is 4.79 Å². The SMILES string of the molecule is C=C(/C=C\C(=C)N(CCC)CCCNCC)NC=O. The van der Waals surface area contributed by atoms with Gasteiger partial charge in [0.25, 0.3) is 0 Å². The molecule has 0 saturated carbocycles. The summed E-state index contributed by atoms with van der Waals surface area (Å²) in [6.07, 6.45) is 6.46. The fourth-order valence-corrected chi connectivity index (χ4v) is 1.67. The van der Waals surface area contributed by atoms with E-state index in [0.29, 0.717) is 12.1 Å². The van der Waals surface area contributed by atoms with E-state index in [2.05, 4.69) is 42.5 Å². The van der Waals surface area contributed by atoms with Crippen molar-refractivity contribution in [2.75, 3.05) is 26.2 Å². The van der Waals surface area contributed by atoms with Gasteiger partial charge in [0.05, 0.1) is 0 Å². The lowest BCUT2D eigenvalue weighted by molar-refractivity contribution is -0.108. The van der Waals surface area contributed by atoms with Gasteiger partial charge >= 0.3 is 0 Å². The fourth-order valence-electron chi connectivity index (χ4n) is 1.67. The molecule has 0 aliphatic heterocycles. The zero-order valence-corrected chi connectivity index (χ0v) is 12.2. The van der Waals surface area contributed by atoms with Crippen LogP contribution in [-0.4, -0.2) is 37.5 Å². The summed E-state index contributed by atoms with van der Waals surface area (Å²) in [5.74, 6) is 0. The molecule has 19 heavy (non-hydrogen) atoms. The Hall–Kier alpha value is -1.55. The van der Waals surface area contributed by atoms with Gasteiger partial charge in [-0.05, 0) is 38.1 Å². The van der Waals surface area contributed by atoms with Crippen molar-refractivity contribution in [1.82, 2.24) is 15.5 Å². The van der Waals surface area contributed by atoms with Crippen LogP contribution in [0, 0.1) is 0 Å². The molecule has 108 valence electrons. The number of nitrogens with zero attached hydrogens (tertiary/aromatic N) is 1. The lowest BCUT2D eigenvalue weighted by Crippen LogP contribution is -2.27. The molecule has 1 amide bonds. The van der Waals surface area contributed by atoms with Crippen LogP contribution in [0.5, 0.6) is 0 Å². The van der Waals surface area contributed by atoms with Crippen molar-refractivity contribution in [2.45, 2.75) is 26.7 Å². The first-order valence-corrected chi connectivity index (χ1v) is 6.87. The van der Waals surface area contributed by atoms with Crippen molar-refractivity contribution >= 4 is 6.41 Å². The van der Waals surface area contributed by atoms with Crippen molar-refractivity contribution in [3.63, 3.8) is 0 Å². The minimum atomic E-state index is 0.570. The van der Waals surface area contributed by atoms with Crippen LogP contribution >= 0.6 is 0 Å². The van der Waals surface area contributed by atoms with Gasteiger partial charge in [0.15, 0.2) is 0 Å². The molecule has 2 N–H and O–H groups in total. The molecule has 0 aromatic rings. The number of carbonyl (C=O) groups excluding carboxylic acids is 1. The monoisotopic (exact) mass is 265 g/mol. The topological polar surface area (TPSA) is 44.4 Å². The Labute approximate surface area is 117 Å². The third kappa shape index (κ3) is 9.08. The summed E-state index contributed by atoms with van der Waals surface area (Å²) in [7, 11) is 0. The van der Waals surface area contributed by atoms with Gasteiger partial charge in [0, 0.05) is 24.5 Å². The number of amides is 1. The smallest absolute Gasteiger partial charge is 0.211 e. The number of rotatable bonds is 12. The van der Waals surface area contributed by atoms with Crippen LogP contribution in [0.4, 0.5) is 0 Å². The third-order valence-electron chi connectivity index (χ3n) is 2.65. The second kappa shape index (κ2) is 11.5. The first kappa shape index (κ1) is 17.4. The minimum absolute atomic E-state index is 0.570. The number of nitrogens with one attached hydrogen (secondary N) is 2. The van der Waals surface area contributed by atoms with Gasteiger partial charge in [-0.1, -0.05) is 27.0 Å². The van der Waals surface area contributed by atoms with Crippen molar-refractivity contribution in [3.05, 3.63) is 36.7 Å². The summed E-state index contributed by atoms with van der Waals surface area (Å²) in [5.41, 5.74) is 1.52. The summed E-state index contributed by atoms with van der Waals surface area (Å²) in [6.45, 7) is 16.0. The van der Waals surface area contributed by atoms with E-state index in [4.69, 9.17) is 0 Å². The van der Waals surface area contributed by atoms with Crippen molar-refractivity contribution in [3.8, 4) is 0 Å². The van der Waals surface area contributed by atoms with Crippen LogP contribution in [-0.2, 0) is 4.79 Å². The van der Waals surface area contributed by atoms with Crippen molar-refractivity contribution in [1.29, 1.82) is 0 Å². The van der Waals surface area contributed by atoms with Crippen LogP contribution in [0.2, 0.25) is 0 Å². The first-order valence-electron chi connectivity index (χ1n) is 6.87. The maximum atomic E-state index is 10.3. The van der Waals surface area contributed by atoms with E-state index in [1.807, 2.05) is 6.08 Å². The lowest BCUT2D eigenvalue weighted by Gasteiger charge is -2.24. The quantitative estimate of drug-likeness (QED) is 0.322. The van der Waals surface area contributed by atoms with E-state index < -0.39 is 0 Å². The highest BCUT2D eigenvalue weighted by atomic mass is 16.1. The Bertz CT molecular complexity index is 311. The molecular formula is C15H27N3O. The summed E-state index contributed by atoms with van der Waals surface area (Å²) in [4.78, 5) is 12.5. The summed E-state index contributed by atoms with van der Waals surface area (Å²) in [6, 6.07) is 0. The number of hydrogen-bond donors (Lipinski definition) is 2. The Morgan fingerprint density at radius 2 is 1.95 bits per heavy atom. The molecule has 4 heteroatoms. The molecule has 0 radical (unpaired) electrons. The average molecular weight is 265 g/mol. The van der Waals surface area contributed by atoms with Crippen LogP contribution in [0.3, 0.4) is 0 Å². The highest BCUT2D eigenvalue weighted by Gasteiger charge is 2.03. The number of allylic oxidation sites excluding steroid dienone is 2. The van der Waals surface area contributed by atoms with Crippen LogP contribution in [0.1, 0.15) is 26.7 Å². The molecule has 0 spiro atoms. The normalized spacial score (nSPS) is 10.4. The first-order chi connectivity index (χ1) is 9.15. The second-order valence-corrected chi connectivity index (χ2v) is 4.31. The Morgan fingerprint density at radius 1 is 1.21 bits per heavy atom. The van der Waals surface area contributed by atoms with E-state index in [0.717, 1.165) is 44.7 Å². The predicted molar refractivity (Wildman–Crippen MR) is 81.6 cm³/mol. The van der Waals surface area contributed by atoms with E-state index in [9.17, 15) is 4.79 Å². The molecule has 0 aromatic carbocycles. The maximum Gasteiger partial charge on any atom is 0.211 e. The summed E-state index contributed by atoms with van der Waals surface area (Å²) < 4.78 is 0. The Morgan fingerprint density at radius 3 is 2.53 bits per heavy atom. The number of carbonyl (C=O) groups is 1. The lowest BCUT2D eigenvalue weighted by atomic mass is 10.2. The van der Waals surface area contributed by atoms with E-state index in [-0.39, 0.29) is 0 Å². The average Bonchev–Trinajstić information content (AvgIpc) is 2.40. The standard InChI is InChI=1S/C15H27N3O/c1-5-11-18(12-7-10-16-6-2)15(4)9-8-14(3)17-13-19/h8-9,13,16H,3-7,10-12H2,1-2H3,(H,17,19)/b9-8-. The highest BCUT2D eigenvalue weighted by molar-refractivity contribution is 5.51. The number of hydrogen-bond acceptors (Lipinski definition) is 3. The van der Waals surface area contributed by atoms with Gasteiger partial charge in [-0.15, -0.1) is 0 Å². The molecule has 0 aromatic heterocycles. The van der Waals surface area contributed by atoms with Crippen molar-refractivity contribution < 1.29 is 4.79 Å². The Kier molecular flexibility index (Phi) is 10.6. The molecule has 0 fully saturated rings. The Balaban J connectivity index is 4.23. The van der Waals surface area contributed by atoms with Gasteiger partial charge < -0.3 is 15.5 Å². The molecule has 0 bridgehead atoms. The van der Waals surface area contributed by atoms with E-state index >= 15 is 0 Å². The van der Waals surface area contributed by atoms with E-state index in [1.54, 1.807) is 6.08 Å². The van der Waals surface area contributed by atoms with Crippen LogP contribution < -0.4 is 10.6 Å². The molecule has 0 saturated heterocycles. The molecule has 0 rings (SSSR count). The molecule has 0 aliphatic carbocycles. The van der Waals surface area contributed by atoms with Crippen LogP contribution in [0.15, 0.2) is 36.7 Å². The third-order valence-corrected chi connectivity index (χ3v) is 2.65. The van der Waals surface area contributed by atoms with Crippen LogP contribution in [0.25, 0.3) is 0 Å². The molecule has 0 atom stereocenters. The molecular weight excluding hydrogens is 238 g/mol. The fraction of sp³-hybridized carbons (Fsp3) is 0.533. The molecule has 0 heterocycles. The maximum absolute atomic E-state index is 10.3. The van der Waals surface area contributed by atoms with Gasteiger partial charge in [-0.2, -0.15) is 0 Å². The van der Waals surface area contributed by atoms with Gasteiger partial charge in [-0.25, -0.2) is 0 Å². The van der Waals surface area contributed by atoms with Crippen molar-refractivity contribution in [2.24, 2.45) is 0 Å². The zero-order chi connectivity index (χ0) is 14.5. The summed E-state index contributed by atoms with van der Waals surface area (Å²) in [5, 5.41) is 5.81. The summed E-state index contributed by atoms with van der Waals surface area (Å²) >= 11 is 0. The van der Waals surface area contributed by atoms with E-state index in [1.165, 1.54) is 0 Å². The molecule has 0 unspecified atom stereocenters. The minimum Gasteiger partial charge on any atom is -0.372 e. The van der Waals surface area contributed by atoms with Gasteiger partial charge in [0.1, 0.15) is 0 Å². The van der Waals surface area contributed by atoms with Gasteiger partial charge in [0.2, 0.25) is 6.41 Å². The predicted octanol–water partition coefficient (Wildman–Crippen LogP) is 2.03. The highest BCUT2D eigenvalue weighted by Crippen LogP contribution is 2.06. The second-order valence-electron chi connectivity index (χ2n) is 4.31. The zero-order valence-electron chi connectivity index (χ0n) is 12.2. The molecule has 0 aliphatic rings. The largest absolute Gasteiger partial charge is 0.372 e. The molecule has 4 nitrogen and oxygen atoms in total.